The molecule has 0 bridgehead atoms. The maximum absolute atomic E-state index is 9.39. The van der Waals surface area contributed by atoms with Gasteiger partial charge in [0.25, 0.3) is 0 Å². The lowest BCUT2D eigenvalue weighted by Crippen LogP contribution is -2.49. The molecule has 24 heavy (non-hydrogen) atoms. The van der Waals surface area contributed by atoms with Crippen LogP contribution >= 0.6 is 0 Å². The SMILES string of the molecule is Cc1ccnc(N2CCC3CCN(c4ncccc4C#N)C3C2)n1. The normalized spacial score (nSPS) is 23.0. The average molecular weight is 320 g/mol. The number of aryl methyl sites for hydroxylation is 1. The van der Waals surface area contributed by atoms with Gasteiger partial charge in [-0.15, -0.1) is 0 Å². The summed E-state index contributed by atoms with van der Waals surface area (Å²) in [4.78, 5) is 18.1. The number of pyridine rings is 1. The third kappa shape index (κ3) is 2.56. The lowest BCUT2D eigenvalue weighted by molar-refractivity contribution is 0.386. The Morgan fingerprint density at radius 3 is 2.88 bits per heavy atom. The summed E-state index contributed by atoms with van der Waals surface area (Å²) in [6.07, 6.45) is 5.89. The summed E-state index contributed by atoms with van der Waals surface area (Å²) in [6.45, 7) is 4.83. The molecule has 0 radical (unpaired) electrons. The van der Waals surface area contributed by atoms with E-state index in [2.05, 4.69) is 30.8 Å². The van der Waals surface area contributed by atoms with Crippen LogP contribution < -0.4 is 9.80 Å². The summed E-state index contributed by atoms with van der Waals surface area (Å²) in [5, 5.41) is 9.39. The summed E-state index contributed by atoms with van der Waals surface area (Å²) in [6, 6.07) is 8.23. The van der Waals surface area contributed by atoms with Crippen molar-refractivity contribution < 1.29 is 0 Å². The first-order valence-electron chi connectivity index (χ1n) is 8.42. The first-order valence-corrected chi connectivity index (χ1v) is 8.42. The zero-order valence-corrected chi connectivity index (χ0v) is 13.8. The predicted octanol–water partition coefficient (Wildman–Crippen LogP) is 2.16. The Hall–Kier alpha value is -2.68. The van der Waals surface area contributed by atoms with Gasteiger partial charge in [0.2, 0.25) is 5.95 Å². The largest absolute Gasteiger partial charge is 0.350 e. The maximum Gasteiger partial charge on any atom is 0.225 e. The third-order valence-electron chi connectivity index (χ3n) is 5.11. The van der Waals surface area contributed by atoms with Gasteiger partial charge in [0.1, 0.15) is 11.9 Å². The van der Waals surface area contributed by atoms with Gasteiger partial charge in [0.05, 0.1) is 11.6 Å². The lowest BCUT2D eigenvalue weighted by Gasteiger charge is -2.39. The molecule has 6 nitrogen and oxygen atoms in total. The Bertz CT molecular complexity index is 783. The molecule has 0 N–H and O–H groups in total. The zero-order chi connectivity index (χ0) is 16.5. The van der Waals surface area contributed by atoms with Crippen LogP contribution in [0.1, 0.15) is 24.1 Å². The molecule has 0 amide bonds. The number of nitriles is 1. The van der Waals surface area contributed by atoms with Crippen molar-refractivity contribution in [2.75, 3.05) is 29.4 Å². The maximum atomic E-state index is 9.39. The van der Waals surface area contributed by atoms with Crippen LogP contribution in [0.5, 0.6) is 0 Å². The molecule has 0 aromatic carbocycles. The van der Waals surface area contributed by atoms with Gasteiger partial charge in [-0.2, -0.15) is 5.26 Å². The zero-order valence-electron chi connectivity index (χ0n) is 13.8. The number of hydrogen-bond acceptors (Lipinski definition) is 6. The van der Waals surface area contributed by atoms with Crippen molar-refractivity contribution in [1.29, 1.82) is 5.26 Å². The van der Waals surface area contributed by atoms with Gasteiger partial charge in [-0.3, -0.25) is 0 Å². The van der Waals surface area contributed by atoms with E-state index in [-0.39, 0.29) is 0 Å². The summed E-state index contributed by atoms with van der Waals surface area (Å²) < 4.78 is 0. The van der Waals surface area contributed by atoms with E-state index < -0.39 is 0 Å². The van der Waals surface area contributed by atoms with Crippen LogP contribution in [-0.2, 0) is 0 Å². The summed E-state index contributed by atoms with van der Waals surface area (Å²) in [7, 11) is 0. The van der Waals surface area contributed by atoms with Crippen LogP contribution in [0.2, 0.25) is 0 Å². The second-order valence-corrected chi connectivity index (χ2v) is 6.53. The molecule has 0 spiro atoms. The smallest absolute Gasteiger partial charge is 0.225 e. The number of piperidine rings is 1. The molecule has 4 heterocycles. The minimum absolute atomic E-state index is 0.366. The third-order valence-corrected chi connectivity index (χ3v) is 5.11. The summed E-state index contributed by atoms with van der Waals surface area (Å²) in [5.41, 5.74) is 1.64. The fourth-order valence-corrected chi connectivity index (χ4v) is 3.89. The number of anilines is 2. The first-order chi connectivity index (χ1) is 11.8. The lowest BCUT2D eigenvalue weighted by atomic mass is 9.92. The van der Waals surface area contributed by atoms with Crippen LogP contribution in [0.25, 0.3) is 0 Å². The van der Waals surface area contributed by atoms with E-state index in [1.807, 2.05) is 31.3 Å². The molecular weight excluding hydrogens is 300 g/mol. The molecule has 2 aromatic rings. The molecule has 4 rings (SSSR count). The Labute approximate surface area is 141 Å². The summed E-state index contributed by atoms with van der Waals surface area (Å²) in [5.74, 6) is 2.28. The van der Waals surface area contributed by atoms with Gasteiger partial charge in [-0.1, -0.05) is 0 Å². The molecule has 2 aliphatic heterocycles. The van der Waals surface area contributed by atoms with Crippen LogP contribution in [0.3, 0.4) is 0 Å². The molecule has 0 saturated carbocycles. The topological polar surface area (TPSA) is 68.9 Å². The van der Waals surface area contributed by atoms with Crippen molar-refractivity contribution in [3.63, 3.8) is 0 Å². The first kappa shape index (κ1) is 14.9. The number of hydrogen-bond donors (Lipinski definition) is 0. The summed E-state index contributed by atoms with van der Waals surface area (Å²) >= 11 is 0. The van der Waals surface area contributed by atoms with Crippen molar-refractivity contribution >= 4 is 11.8 Å². The standard InChI is InChI=1S/C18H20N6/c1-13-4-8-21-18(22-13)23-9-5-14-6-10-24(16(14)12-23)17-15(11-19)3-2-7-20-17/h2-4,7-8,14,16H,5-6,9-10,12H2,1H3. The van der Waals surface area contributed by atoms with Crippen LogP contribution in [-0.4, -0.2) is 40.6 Å². The van der Waals surface area contributed by atoms with Gasteiger partial charge >= 0.3 is 0 Å². The van der Waals surface area contributed by atoms with Crippen LogP contribution in [0, 0.1) is 24.2 Å². The highest BCUT2D eigenvalue weighted by atomic mass is 15.3. The van der Waals surface area contributed by atoms with Gasteiger partial charge in [0.15, 0.2) is 0 Å². The average Bonchev–Trinajstić information content (AvgIpc) is 3.04. The molecule has 2 unspecified atom stereocenters. The van der Waals surface area contributed by atoms with Crippen molar-refractivity contribution in [3.8, 4) is 6.07 Å². The second-order valence-electron chi connectivity index (χ2n) is 6.53. The fourth-order valence-electron chi connectivity index (χ4n) is 3.89. The molecule has 2 saturated heterocycles. The molecular formula is C18H20N6. The Morgan fingerprint density at radius 1 is 1.17 bits per heavy atom. The van der Waals surface area contributed by atoms with Gasteiger partial charge in [0, 0.05) is 37.7 Å². The molecule has 2 atom stereocenters. The minimum atomic E-state index is 0.366. The highest BCUT2D eigenvalue weighted by Gasteiger charge is 2.40. The molecule has 122 valence electrons. The van der Waals surface area contributed by atoms with Crippen molar-refractivity contribution in [1.82, 2.24) is 15.0 Å². The van der Waals surface area contributed by atoms with E-state index >= 15 is 0 Å². The van der Waals surface area contributed by atoms with Gasteiger partial charge < -0.3 is 9.80 Å². The number of rotatable bonds is 2. The molecule has 0 aliphatic carbocycles. The fraction of sp³-hybridized carbons (Fsp3) is 0.444. The predicted molar refractivity (Wildman–Crippen MR) is 91.8 cm³/mol. The highest BCUT2D eigenvalue weighted by Crippen LogP contribution is 2.36. The Balaban J connectivity index is 1.61. The Morgan fingerprint density at radius 2 is 2.04 bits per heavy atom. The van der Waals surface area contributed by atoms with Gasteiger partial charge in [-0.25, -0.2) is 15.0 Å². The molecule has 2 aromatic heterocycles. The van der Waals surface area contributed by atoms with Crippen molar-refractivity contribution in [2.45, 2.75) is 25.8 Å². The van der Waals surface area contributed by atoms with E-state index in [0.29, 0.717) is 17.5 Å². The van der Waals surface area contributed by atoms with E-state index in [1.165, 1.54) is 0 Å². The van der Waals surface area contributed by atoms with Crippen LogP contribution in [0.4, 0.5) is 11.8 Å². The van der Waals surface area contributed by atoms with E-state index in [4.69, 9.17) is 0 Å². The monoisotopic (exact) mass is 320 g/mol. The van der Waals surface area contributed by atoms with Crippen LogP contribution in [0.15, 0.2) is 30.6 Å². The number of nitrogens with zero attached hydrogens (tertiary/aromatic N) is 6. The highest BCUT2D eigenvalue weighted by molar-refractivity contribution is 5.55. The van der Waals surface area contributed by atoms with E-state index in [9.17, 15) is 5.26 Å². The second kappa shape index (κ2) is 6.08. The number of aromatic nitrogens is 3. The number of fused-ring (bicyclic) bond motifs is 1. The van der Waals surface area contributed by atoms with E-state index in [0.717, 1.165) is 49.9 Å². The Kier molecular flexibility index (Phi) is 3.77. The van der Waals surface area contributed by atoms with Gasteiger partial charge in [-0.05, 0) is 43.9 Å². The molecule has 2 fully saturated rings. The molecule has 2 aliphatic rings. The van der Waals surface area contributed by atoms with E-state index in [1.54, 1.807) is 6.20 Å². The van der Waals surface area contributed by atoms with Crippen molar-refractivity contribution in [3.05, 3.63) is 41.9 Å². The van der Waals surface area contributed by atoms with Crippen molar-refractivity contribution in [2.24, 2.45) is 5.92 Å². The quantitative estimate of drug-likeness (QED) is 0.844. The molecule has 6 heteroatoms. The minimum Gasteiger partial charge on any atom is -0.350 e.